The van der Waals surface area contributed by atoms with E-state index in [1.54, 1.807) is 6.92 Å². The summed E-state index contributed by atoms with van der Waals surface area (Å²) in [7, 11) is 1.85. The number of alkyl halides is 3. The molecule has 0 amide bonds. The Morgan fingerprint density at radius 2 is 1.67 bits per heavy atom. The maximum absolute atomic E-state index is 12.6. The lowest BCUT2D eigenvalue weighted by Gasteiger charge is -2.39. The third kappa shape index (κ3) is 5.67. The van der Waals surface area contributed by atoms with Crippen LogP contribution < -0.4 is 5.32 Å². The smallest absolute Gasteiger partial charge is 0.313 e. The van der Waals surface area contributed by atoms with Gasteiger partial charge in [-0.2, -0.15) is 13.2 Å². The van der Waals surface area contributed by atoms with Crippen molar-refractivity contribution in [2.75, 3.05) is 26.7 Å². The molecule has 120 valence electrons. The van der Waals surface area contributed by atoms with Crippen LogP contribution in [0.2, 0.25) is 0 Å². The zero-order valence-corrected chi connectivity index (χ0v) is 13.2. The lowest BCUT2D eigenvalue weighted by molar-refractivity contribution is -0.148. The standard InChI is InChI=1S/C16H25F3N2/c1-5-21(12-16(17,18)19)11-15(2,3)14(20-4)13-9-7-6-8-10-13/h6-10,14,20H,5,11-12H2,1-4H3. The Morgan fingerprint density at radius 1 is 1.10 bits per heavy atom. The van der Waals surface area contributed by atoms with Crippen LogP contribution in [0.1, 0.15) is 32.4 Å². The Hall–Kier alpha value is -1.07. The van der Waals surface area contributed by atoms with Crippen LogP contribution in [0, 0.1) is 5.41 Å². The third-order valence-corrected chi connectivity index (χ3v) is 3.68. The number of hydrogen-bond acceptors (Lipinski definition) is 2. The molecule has 1 aromatic carbocycles. The molecule has 0 spiro atoms. The summed E-state index contributed by atoms with van der Waals surface area (Å²) in [6.45, 7) is 5.66. The van der Waals surface area contributed by atoms with Gasteiger partial charge in [0, 0.05) is 12.6 Å². The van der Waals surface area contributed by atoms with Gasteiger partial charge in [0.05, 0.1) is 6.54 Å². The minimum absolute atomic E-state index is 0.000911. The van der Waals surface area contributed by atoms with Gasteiger partial charge in [-0.1, -0.05) is 51.1 Å². The molecule has 21 heavy (non-hydrogen) atoms. The van der Waals surface area contributed by atoms with Crippen LogP contribution >= 0.6 is 0 Å². The first kappa shape index (κ1) is 18.0. The first-order valence-corrected chi connectivity index (χ1v) is 7.21. The maximum Gasteiger partial charge on any atom is 0.401 e. The zero-order valence-electron chi connectivity index (χ0n) is 13.2. The molecule has 0 aliphatic heterocycles. The van der Waals surface area contributed by atoms with Crippen molar-refractivity contribution in [1.82, 2.24) is 10.2 Å². The monoisotopic (exact) mass is 302 g/mol. The second kappa shape index (κ2) is 7.27. The van der Waals surface area contributed by atoms with E-state index in [2.05, 4.69) is 5.32 Å². The molecule has 0 fully saturated rings. The predicted molar refractivity (Wildman–Crippen MR) is 80.2 cm³/mol. The van der Waals surface area contributed by atoms with Crippen molar-refractivity contribution in [2.24, 2.45) is 5.41 Å². The summed E-state index contributed by atoms with van der Waals surface area (Å²) in [5.74, 6) is 0. The van der Waals surface area contributed by atoms with Gasteiger partial charge in [-0.25, -0.2) is 0 Å². The van der Waals surface area contributed by atoms with Gasteiger partial charge in [-0.3, -0.25) is 4.90 Å². The Morgan fingerprint density at radius 3 is 2.10 bits per heavy atom. The maximum atomic E-state index is 12.6. The quantitative estimate of drug-likeness (QED) is 0.823. The molecule has 0 heterocycles. The van der Waals surface area contributed by atoms with Crippen LogP contribution in [0.4, 0.5) is 13.2 Å². The van der Waals surface area contributed by atoms with Crippen molar-refractivity contribution in [3.8, 4) is 0 Å². The fourth-order valence-electron chi connectivity index (χ4n) is 2.85. The van der Waals surface area contributed by atoms with Gasteiger partial charge in [0.1, 0.15) is 0 Å². The lowest BCUT2D eigenvalue weighted by Crippen LogP contribution is -2.45. The second-order valence-electron chi connectivity index (χ2n) is 6.04. The van der Waals surface area contributed by atoms with Crippen molar-refractivity contribution in [3.63, 3.8) is 0 Å². The Labute approximate surface area is 125 Å². The van der Waals surface area contributed by atoms with Crippen molar-refractivity contribution >= 4 is 0 Å². The first-order valence-electron chi connectivity index (χ1n) is 7.21. The minimum atomic E-state index is -4.16. The molecule has 1 rings (SSSR count). The fourth-order valence-corrected chi connectivity index (χ4v) is 2.85. The molecule has 0 aliphatic rings. The van der Waals surface area contributed by atoms with E-state index in [1.807, 2.05) is 51.2 Å². The molecular weight excluding hydrogens is 277 g/mol. The number of hydrogen-bond donors (Lipinski definition) is 1. The second-order valence-corrected chi connectivity index (χ2v) is 6.04. The summed E-state index contributed by atoms with van der Waals surface area (Å²) in [5, 5.41) is 3.24. The molecule has 0 bridgehead atoms. The molecule has 0 saturated heterocycles. The van der Waals surface area contributed by atoms with E-state index in [0.717, 1.165) is 5.56 Å². The number of nitrogens with zero attached hydrogens (tertiary/aromatic N) is 1. The highest BCUT2D eigenvalue weighted by atomic mass is 19.4. The van der Waals surface area contributed by atoms with E-state index >= 15 is 0 Å². The van der Waals surface area contributed by atoms with Crippen molar-refractivity contribution in [3.05, 3.63) is 35.9 Å². The van der Waals surface area contributed by atoms with Gasteiger partial charge >= 0.3 is 6.18 Å². The molecule has 2 nitrogen and oxygen atoms in total. The minimum Gasteiger partial charge on any atom is -0.313 e. The molecule has 1 N–H and O–H groups in total. The summed E-state index contributed by atoms with van der Waals surface area (Å²) in [6.07, 6.45) is -4.16. The van der Waals surface area contributed by atoms with Crippen molar-refractivity contribution in [1.29, 1.82) is 0 Å². The van der Waals surface area contributed by atoms with Gasteiger partial charge in [0.15, 0.2) is 0 Å². The molecule has 0 aliphatic carbocycles. The number of nitrogens with one attached hydrogen (secondary N) is 1. The average molecular weight is 302 g/mol. The van der Waals surface area contributed by atoms with E-state index in [-0.39, 0.29) is 11.5 Å². The molecule has 1 atom stereocenters. The molecule has 1 aromatic rings. The van der Waals surface area contributed by atoms with E-state index in [0.29, 0.717) is 13.1 Å². The normalized spacial score (nSPS) is 14.5. The zero-order chi connectivity index (χ0) is 16.1. The highest BCUT2D eigenvalue weighted by Gasteiger charge is 2.36. The molecule has 0 aromatic heterocycles. The molecule has 1 unspecified atom stereocenters. The van der Waals surface area contributed by atoms with Crippen LogP contribution in [-0.2, 0) is 0 Å². The van der Waals surface area contributed by atoms with Gasteiger partial charge < -0.3 is 5.32 Å². The SMILES string of the molecule is CCN(CC(F)(F)F)CC(C)(C)C(NC)c1ccccc1. The third-order valence-electron chi connectivity index (χ3n) is 3.68. The van der Waals surface area contributed by atoms with E-state index in [1.165, 1.54) is 4.90 Å². The topological polar surface area (TPSA) is 15.3 Å². The highest BCUT2D eigenvalue weighted by molar-refractivity contribution is 5.21. The van der Waals surface area contributed by atoms with Crippen LogP contribution in [-0.4, -0.2) is 37.8 Å². The summed E-state index contributed by atoms with van der Waals surface area (Å²) < 4.78 is 37.8. The Kier molecular flexibility index (Phi) is 6.23. The molecule has 0 saturated carbocycles. The largest absolute Gasteiger partial charge is 0.401 e. The molecule has 0 radical (unpaired) electrons. The summed E-state index contributed by atoms with van der Waals surface area (Å²) in [6, 6.07) is 9.84. The van der Waals surface area contributed by atoms with Crippen LogP contribution in [0.25, 0.3) is 0 Å². The summed E-state index contributed by atoms with van der Waals surface area (Å²) >= 11 is 0. The highest BCUT2D eigenvalue weighted by Crippen LogP contribution is 2.34. The molecular formula is C16H25F3N2. The Balaban J connectivity index is 2.86. The van der Waals surface area contributed by atoms with Crippen molar-refractivity contribution in [2.45, 2.75) is 33.0 Å². The van der Waals surface area contributed by atoms with Gasteiger partial charge in [0.2, 0.25) is 0 Å². The van der Waals surface area contributed by atoms with Crippen molar-refractivity contribution < 1.29 is 13.2 Å². The lowest BCUT2D eigenvalue weighted by atomic mass is 9.80. The molecule has 5 heteroatoms. The van der Waals surface area contributed by atoms with Crippen LogP contribution in [0.15, 0.2) is 30.3 Å². The average Bonchev–Trinajstić information content (AvgIpc) is 2.37. The van der Waals surface area contributed by atoms with E-state index < -0.39 is 12.7 Å². The van der Waals surface area contributed by atoms with Crippen LogP contribution in [0.3, 0.4) is 0 Å². The first-order chi connectivity index (χ1) is 9.69. The van der Waals surface area contributed by atoms with E-state index in [9.17, 15) is 13.2 Å². The number of rotatable bonds is 7. The predicted octanol–water partition coefficient (Wildman–Crippen LogP) is 3.86. The summed E-state index contributed by atoms with van der Waals surface area (Å²) in [5.41, 5.74) is 0.769. The number of benzene rings is 1. The van der Waals surface area contributed by atoms with Gasteiger partial charge in [0.25, 0.3) is 0 Å². The number of halogens is 3. The Bertz CT molecular complexity index is 415. The van der Waals surface area contributed by atoms with Crippen LogP contribution in [0.5, 0.6) is 0 Å². The fraction of sp³-hybridized carbons (Fsp3) is 0.625. The van der Waals surface area contributed by atoms with Gasteiger partial charge in [-0.05, 0) is 24.6 Å². The summed E-state index contributed by atoms with van der Waals surface area (Å²) in [4.78, 5) is 1.45. The van der Waals surface area contributed by atoms with E-state index in [4.69, 9.17) is 0 Å². The van der Waals surface area contributed by atoms with Gasteiger partial charge in [-0.15, -0.1) is 0 Å².